The molecular weight excluding hydrogens is 544 g/mol. The van der Waals surface area contributed by atoms with E-state index in [9.17, 15) is 4.79 Å². The molecule has 0 unspecified atom stereocenters. The zero-order valence-corrected chi connectivity index (χ0v) is 23.9. The quantitative estimate of drug-likeness (QED) is 0.289. The Bertz CT molecular complexity index is 1760. The van der Waals surface area contributed by atoms with Crippen molar-refractivity contribution in [1.82, 2.24) is 45.1 Å². The van der Waals surface area contributed by atoms with Gasteiger partial charge < -0.3 is 15.1 Å². The molecule has 0 bridgehead atoms. The molecule has 5 heterocycles. The van der Waals surface area contributed by atoms with Gasteiger partial charge in [-0.25, -0.2) is 19.9 Å². The molecule has 14 heteroatoms. The molecule has 41 heavy (non-hydrogen) atoms. The Hall–Kier alpha value is -4.65. The number of aryl methyl sites for hydroxylation is 2. The molecule has 1 saturated heterocycles. The van der Waals surface area contributed by atoms with Crippen LogP contribution in [0.5, 0.6) is 0 Å². The molecule has 0 spiro atoms. The second kappa shape index (κ2) is 10.7. The van der Waals surface area contributed by atoms with E-state index in [1.807, 2.05) is 45.3 Å². The zero-order valence-electron chi connectivity index (χ0n) is 23.1. The van der Waals surface area contributed by atoms with Crippen LogP contribution in [0.25, 0.3) is 22.4 Å². The van der Waals surface area contributed by atoms with Crippen molar-refractivity contribution in [3.63, 3.8) is 0 Å². The highest BCUT2D eigenvalue weighted by Gasteiger charge is 2.24. The predicted molar refractivity (Wildman–Crippen MR) is 157 cm³/mol. The largest absolute Gasteiger partial charge is 0.377 e. The number of anilines is 3. The first-order valence-electron chi connectivity index (χ1n) is 13.2. The molecule has 2 N–H and O–H groups in total. The number of aromatic nitrogens is 9. The van der Waals surface area contributed by atoms with Gasteiger partial charge in [0.05, 0.1) is 22.6 Å². The van der Waals surface area contributed by atoms with Crippen LogP contribution in [-0.2, 0) is 7.05 Å². The molecule has 1 fully saturated rings. The minimum absolute atomic E-state index is 0.0907. The third-order valence-electron chi connectivity index (χ3n) is 7.20. The number of halogens is 1. The zero-order chi connectivity index (χ0) is 28.7. The fraction of sp³-hybridized carbons (Fsp3) is 0.333. The topological polar surface area (TPSA) is 147 Å². The Morgan fingerprint density at radius 1 is 1.00 bits per heavy atom. The summed E-state index contributed by atoms with van der Waals surface area (Å²) in [7, 11) is 1.78. The number of hydrogen-bond donors (Lipinski definition) is 2. The van der Waals surface area contributed by atoms with Crippen molar-refractivity contribution in [2.45, 2.75) is 26.8 Å². The minimum Gasteiger partial charge on any atom is -0.377 e. The molecule has 0 radical (unpaired) electrons. The standard InChI is InChI=1S/C27H29ClN12O/c1-15-11-18(17(3)31-20-5-6-21(28)32-23(20)24-34-36-37-35-24)22-19(12-15)25(41)38(4)27(33-22)40-9-7-39(8-10-40)26-29-13-16(2)14-30-26/h5-6,11-14,17,31H,7-10H2,1-4H3,(H,34,35,36,37)/t17-/m1/s1. The summed E-state index contributed by atoms with van der Waals surface area (Å²) in [5.41, 5.74) is 4.59. The van der Waals surface area contributed by atoms with E-state index in [-0.39, 0.29) is 11.6 Å². The summed E-state index contributed by atoms with van der Waals surface area (Å²) in [6, 6.07) is 7.23. The van der Waals surface area contributed by atoms with Crippen LogP contribution in [0.15, 0.2) is 41.5 Å². The number of aromatic amines is 1. The molecule has 0 amide bonds. The Morgan fingerprint density at radius 3 is 2.44 bits per heavy atom. The maximum absolute atomic E-state index is 13.6. The van der Waals surface area contributed by atoms with Crippen molar-refractivity contribution in [2.75, 3.05) is 41.3 Å². The average Bonchev–Trinajstić information content (AvgIpc) is 3.51. The summed E-state index contributed by atoms with van der Waals surface area (Å²) in [5, 5.41) is 18.6. The predicted octanol–water partition coefficient (Wildman–Crippen LogP) is 3.07. The van der Waals surface area contributed by atoms with Crippen LogP contribution in [0.4, 0.5) is 17.6 Å². The normalized spacial score (nSPS) is 14.5. The highest BCUT2D eigenvalue weighted by atomic mass is 35.5. The van der Waals surface area contributed by atoms with Crippen molar-refractivity contribution in [3.8, 4) is 11.5 Å². The number of piperazine rings is 1. The number of pyridine rings is 1. The van der Waals surface area contributed by atoms with Crippen LogP contribution in [0.1, 0.15) is 29.7 Å². The van der Waals surface area contributed by atoms with Crippen LogP contribution in [-0.4, -0.2) is 71.3 Å². The molecular formula is C27H29ClN12O. The molecule has 1 aliphatic rings. The maximum atomic E-state index is 13.6. The van der Waals surface area contributed by atoms with Gasteiger partial charge in [0.1, 0.15) is 10.8 Å². The third kappa shape index (κ3) is 5.15. The summed E-state index contributed by atoms with van der Waals surface area (Å²) < 4.78 is 1.64. The van der Waals surface area contributed by atoms with E-state index >= 15 is 0 Å². The Balaban J connectivity index is 1.33. The van der Waals surface area contributed by atoms with Gasteiger partial charge in [-0.1, -0.05) is 17.7 Å². The second-order valence-corrected chi connectivity index (χ2v) is 10.6. The van der Waals surface area contributed by atoms with Crippen LogP contribution in [0, 0.1) is 13.8 Å². The van der Waals surface area contributed by atoms with Crippen molar-refractivity contribution in [1.29, 1.82) is 0 Å². The van der Waals surface area contributed by atoms with Gasteiger partial charge >= 0.3 is 0 Å². The summed E-state index contributed by atoms with van der Waals surface area (Å²) in [6.45, 7) is 8.77. The van der Waals surface area contributed by atoms with Crippen LogP contribution < -0.4 is 20.7 Å². The van der Waals surface area contributed by atoms with Gasteiger partial charge in [0.2, 0.25) is 17.7 Å². The maximum Gasteiger partial charge on any atom is 0.262 e. The van der Waals surface area contributed by atoms with Gasteiger partial charge in [-0.2, -0.15) is 5.21 Å². The number of hydrogen-bond acceptors (Lipinski definition) is 11. The van der Waals surface area contributed by atoms with E-state index in [2.05, 4.69) is 56.8 Å². The highest BCUT2D eigenvalue weighted by Crippen LogP contribution is 2.31. The average molecular weight is 573 g/mol. The molecule has 210 valence electrons. The number of rotatable bonds is 6. The fourth-order valence-corrected chi connectivity index (χ4v) is 5.25. The Kier molecular flexibility index (Phi) is 6.95. The lowest BCUT2D eigenvalue weighted by atomic mass is 10.0. The number of fused-ring (bicyclic) bond motifs is 1. The summed E-state index contributed by atoms with van der Waals surface area (Å²) in [5.74, 6) is 1.66. The number of benzene rings is 1. The first kappa shape index (κ1) is 26.6. The molecule has 5 aromatic rings. The van der Waals surface area contributed by atoms with Crippen molar-refractivity contribution in [3.05, 3.63) is 68.9 Å². The number of nitrogens with one attached hydrogen (secondary N) is 2. The first-order valence-corrected chi connectivity index (χ1v) is 13.6. The van der Waals surface area contributed by atoms with E-state index in [4.69, 9.17) is 16.6 Å². The summed E-state index contributed by atoms with van der Waals surface area (Å²) in [4.78, 5) is 36.3. The van der Waals surface area contributed by atoms with Crippen LogP contribution in [0.2, 0.25) is 5.15 Å². The van der Waals surface area contributed by atoms with Crippen LogP contribution in [0.3, 0.4) is 0 Å². The lowest BCUT2D eigenvalue weighted by Gasteiger charge is -2.36. The van der Waals surface area contributed by atoms with E-state index < -0.39 is 0 Å². The van der Waals surface area contributed by atoms with Crippen LogP contribution >= 0.6 is 11.6 Å². The van der Waals surface area contributed by atoms with E-state index in [0.717, 1.165) is 29.8 Å². The fourth-order valence-electron chi connectivity index (χ4n) is 5.10. The molecule has 13 nitrogen and oxygen atoms in total. The molecule has 4 aromatic heterocycles. The molecule has 1 aromatic carbocycles. The molecule has 6 rings (SSSR count). The van der Waals surface area contributed by atoms with E-state index in [1.165, 1.54) is 0 Å². The smallest absolute Gasteiger partial charge is 0.262 e. The molecule has 0 saturated carbocycles. The molecule has 1 aliphatic heterocycles. The van der Waals surface area contributed by atoms with E-state index in [0.29, 0.717) is 58.2 Å². The minimum atomic E-state index is -0.242. The van der Waals surface area contributed by atoms with Gasteiger partial charge in [-0.05, 0) is 55.3 Å². The molecule has 1 atom stereocenters. The van der Waals surface area contributed by atoms with Gasteiger partial charge in [-0.15, -0.1) is 10.2 Å². The van der Waals surface area contributed by atoms with Gasteiger partial charge in [-0.3, -0.25) is 9.36 Å². The number of tetrazole rings is 1. The lowest BCUT2D eigenvalue weighted by molar-refractivity contribution is 0.613. The van der Waals surface area contributed by atoms with Gasteiger partial charge in [0.25, 0.3) is 5.56 Å². The van der Waals surface area contributed by atoms with E-state index in [1.54, 1.807) is 17.7 Å². The van der Waals surface area contributed by atoms with Gasteiger partial charge in [0, 0.05) is 51.2 Å². The summed E-state index contributed by atoms with van der Waals surface area (Å²) in [6.07, 6.45) is 3.65. The van der Waals surface area contributed by atoms with Crippen molar-refractivity contribution < 1.29 is 0 Å². The second-order valence-electron chi connectivity index (χ2n) is 10.2. The highest BCUT2D eigenvalue weighted by molar-refractivity contribution is 6.29. The third-order valence-corrected chi connectivity index (χ3v) is 7.41. The monoisotopic (exact) mass is 572 g/mol. The Labute approximate surface area is 240 Å². The summed E-state index contributed by atoms with van der Waals surface area (Å²) >= 11 is 6.17. The SMILES string of the molecule is Cc1cnc(N2CCN(c3nc4c([C@@H](C)Nc5ccc(Cl)nc5-c5nn[nH]n5)cc(C)cc4c(=O)n3C)CC2)nc1. The number of nitrogens with zero attached hydrogens (tertiary/aromatic N) is 10. The first-order chi connectivity index (χ1) is 19.8. The molecule has 0 aliphatic carbocycles. The van der Waals surface area contributed by atoms with Crippen molar-refractivity contribution in [2.24, 2.45) is 7.05 Å². The lowest BCUT2D eigenvalue weighted by Crippen LogP contribution is -2.48. The van der Waals surface area contributed by atoms with Gasteiger partial charge in [0.15, 0.2) is 0 Å². The Morgan fingerprint density at radius 2 is 1.73 bits per heavy atom. The van der Waals surface area contributed by atoms with Crippen molar-refractivity contribution >= 4 is 40.1 Å². The number of H-pyrrole nitrogens is 1.